The van der Waals surface area contributed by atoms with Crippen molar-refractivity contribution in [2.45, 2.75) is 33.5 Å². The molecule has 4 nitrogen and oxygen atoms in total. The van der Waals surface area contributed by atoms with Crippen LogP contribution < -0.4 is 4.74 Å². The van der Waals surface area contributed by atoms with E-state index in [0.717, 1.165) is 11.3 Å². The number of aliphatic hydroxyl groups excluding tert-OH is 2. The highest BCUT2D eigenvalue weighted by Gasteiger charge is 2.24. The fourth-order valence-corrected chi connectivity index (χ4v) is 2.21. The lowest BCUT2D eigenvalue weighted by Gasteiger charge is -2.28. The minimum Gasteiger partial charge on any atom is -0.497 e. The third-order valence-electron chi connectivity index (χ3n) is 4.34. The van der Waals surface area contributed by atoms with Crippen molar-refractivity contribution in [3.05, 3.63) is 29.8 Å². The fourth-order valence-electron chi connectivity index (χ4n) is 2.21. The molecule has 0 aliphatic rings. The number of hydrogen-bond acceptors (Lipinski definition) is 4. The van der Waals surface area contributed by atoms with Crippen LogP contribution in [0.25, 0.3) is 0 Å². The van der Waals surface area contributed by atoms with Gasteiger partial charge in [-0.05, 0) is 35.4 Å². The number of ether oxygens (including phenoxy) is 2. The van der Waals surface area contributed by atoms with Crippen molar-refractivity contribution in [3.8, 4) is 5.75 Å². The number of rotatable bonds is 9. The van der Waals surface area contributed by atoms with E-state index >= 15 is 0 Å². The Labute approximate surface area is 127 Å². The first-order valence-electron chi connectivity index (χ1n) is 7.49. The molecule has 0 saturated heterocycles. The van der Waals surface area contributed by atoms with Crippen LogP contribution in [-0.2, 0) is 11.3 Å². The zero-order chi connectivity index (χ0) is 15.8. The van der Waals surface area contributed by atoms with Gasteiger partial charge in [-0.25, -0.2) is 0 Å². The smallest absolute Gasteiger partial charge is 0.118 e. The third kappa shape index (κ3) is 5.65. The van der Waals surface area contributed by atoms with Crippen molar-refractivity contribution in [2.75, 3.05) is 20.3 Å². The van der Waals surface area contributed by atoms with Gasteiger partial charge >= 0.3 is 0 Å². The highest BCUT2D eigenvalue weighted by Crippen LogP contribution is 2.23. The molecule has 0 saturated carbocycles. The van der Waals surface area contributed by atoms with E-state index in [1.807, 2.05) is 38.1 Å². The summed E-state index contributed by atoms with van der Waals surface area (Å²) in [5, 5.41) is 19.3. The highest BCUT2D eigenvalue weighted by molar-refractivity contribution is 5.26. The van der Waals surface area contributed by atoms with Gasteiger partial charge in [-0.3, -0.25) is 0 Å². The summed E-state index contributed by atoms with van der Waals surface area (Å²) in [4.78, 5) is 0. The molecular weight excluding hydrogens is 268 g/mol. The lowest BCUT2D eigenvalue weighted by molar-refractivity contribution is -0.0201. The number of benzene rings is 1. The second-order valence-corrected chi connectivity index (χ2v) is 5.81. The van der Waals surface area contributed by atoms with Crippen LogP contribution >= 0.6 is 0 Å². The van der Waals surface area contributed by atoms with Crippen molar-refractivity contribution in [3.63, 3.8) is 0 Å². The van der Waals surface area contributed by atoms with Gasteiger partial charge in [-0.2, -0.15) is 0 Å². The Morgan fingerprint density at radius 3 is 2.19 bits per heavy atom. The summed E-state index contributed by atoms with van der Waals surface area (Å²) in [6, 6.07) is 7.68. The van der Waals surface area contributed by atoms with Gasteiger partial charge in [0, 0.05) is 6.61 Å². The molecule has 4 heteroatoms. The molecule has 0 amide bonds. The van der Waals surface area contributed by atoms with Gasteiger partial charge in [-0.15, -0.1) is 0 Å². The van der Waals surface area contributed by atoms with E-state index in [2.05, 4.69) is 6.92 Å². The summed E-state index contributed by atoms with van der Waals surface area (Å²) >= 11 is 0. The Balaban J connectivity index is 2.36. The average molecular weight is 296 g/mol. The SMILES string of the molecule is COc1ccc(COCC(O)[C@@H](C)[C@H](C)C(C)CO)cc1. The summed E-state index contributed by atoms with van der Waals surface area (Å²) < 4.78 is 10.7. The topological polar surface area (TPSA) is 58.9 Å². The highest BCUT2D eigenvalue weighted by atomic mass is 16.5. The molecule has 1 aromatic rings. The largest absolute Gasteiger partial charge is 0.497 e. The van der Waals surface area contributed by atoms with E-state index in [1.54, 1.807) is 7.11 Å². The predicted molar refractivity (Wildman–Crippen MR) is 83.2 cm³/mol. The quantitative estimate of drug-likeness (QED) is 0.735. The van der Waals surface area contributed by atoms with Crippen LogP contribution in [0.1, 0.15) is 26.3 Å². The minimum atomic E-state index is -0.521. The molecule has 120 valence electrons. The predicted octanol–water partition coefficient (Wildman–Crippen LogP) is 2.47. The second-order valence-electron chi connectivity index (χ2n) is 5.81. The number of aliphatic hydroxyl groups is 2. The number of methoxy groups -OCH3 is 1. The Morgan fingerprint density at radius 1 is 1.05 bits per heavy atom. The van der Waals surface area contributed by atoms with Gasteiger partial charge < -0.3 is 19.7 Å². The zero-order valence-electron chi connectivity index (χ0n) is 13.5. The zero-order valence-corrected chi connectivity index (χ0v) is 13.5. The maximum atomic E-state index is 10.2. The maximum absolute atomic E-state index is 10.2. The Bertz CT molecular complexity index is 390. The fraction of sp³-hybridized carbons (Fsp3) is 0.647. The molecule has 0 aliphatic heterocycles. The van der Waals surface area contributed by atoms with Crippen molar-refractivity contribution >= 4 is 0 Å². The van der Waals surface area contributed by atoms with Crippen molar-refractivity contribution in [1.82, 2.24) is 0 Å². The average Bonchev–Trinajstić information content (AvgIpc) is 2.53. The van der Waals surface area contributed by atoms with Gasteiger partial charge in [-0.1, -0.05) is 32.9 Å². The van der Waals surface area contributed by atoms with E-state index in [1.165, 1.54) is 0 Å². The van der Waals surface area contributed by atoms with E-state index in [-0.39, 0.29) is 24.4 Å². The molecule has 0 aliphatic carbocycles. The number of hydrogen-bond donors (Lipinski definition) is 2. The van der Waals surface area contributed by atoms with Crippen LogP contribution in [0.3, 0.4) is 0 Å². The van der Waals surface area contributed by atoms with E-state index in [4.69, 9.17) is 9.47 Å². The summed E-state index contributed by atoms with van der Waals surface area (Å²) in [6.45, 7) is 6.96. The molecule has 0 bridgehead atoms. The van der Waals surface area contributed by atoms with Crippen LogP contribution in [0.4, 0.5) is 0 Å². The molecule has 1 aromatic carbocycles. The molecule has 2 N–H and O–H groups in total. The van der Waals surface area contributed by atoms with Gasteiger partial charge in [0.15, 0.2) is 0 Å². The lowest BCUT2D eigenvalue weighted by Crippen LogP contribution is -2.32. The van der Waals surface area contributed by atoms with Crippen LogP contribution in [0, 0.1) is 17.8 Å². The molecule has 21 heavy (non-hydrogen) atoms. The summed E-state index contributed by atoms with van der Waals surface area (Å²) in [5.74, 6) is 1.33. The van der Waals surface area contributed by atoms with E-state index in [9.17, 15) is 10.2 Å². The minimum absolute atomic E-state index is 0.0861. The molecule has 4 atom stereocenters. The maximum Gasteiger partial charge on any atom is 0.118 e. The second kappa shape index (κ2) is 9.03. The van der Waals surface area contributed by atoms with Crippen LogP contribution in [0.2, 0.25) is 0 Å². The summed E-state index contributed by atoms with van der Waals surface area (Å²) in [5.41, 5.74) is 1.05. The van der Waals surface area contributed by atoms with E-state index in [0.29, 0.717) is 13.2 Å². The first kappa shape index (κ1) is 18.0. The Hall–Kier alpha value is -1.10. The molecule has 0 aromatic heterocycles. The lowest BCUT2D eigenvalue weighted by atomic mass is 9.82. The van der Waals surface area contributed by atoms with Gasteiger partial charge in [0.25, 0.3) is 0 Å². The summed E-state index contributed by atoms with van der Waals surface area (Å²) in [6.07, 6.45) is -0.521. The molecule has 0 radical (unpaired) electrons. The molecule has 0 spiro atoms. The summed E-state index contributed by atoms with van der Waals surface area (Å²) in [7, 11) is 1.64. The molecule has 2 unspecified atom stereocenters. The van der Waals surface area contributed by atoms with Crippen LogP contribution in [0.5, 0.6) is 5.75 Å². The van der Waals surface area contributed by atoms with Gasteiger partial charge in [0.1, 0.15) is 5.75 Å². The van der Waals surface area contributed by atoms with Crippen LogP contribution in [0.15, 0.2) is 24.3 Å². The third-order valence-corrected chi connectivity index (χ3v) is 4.34. The molecule has 0 heterocycles. The van der Waals surface area contributed by atoms with Crippen molar-refractivity contribution in [2.24, 2.45) is 17.8 Å². The van der Waals surface area contributed by atoms with E-state index < -0.39 is 6.10 Å². The van der Waals surface area contributed by atoms with Gasteiger partial charge in [0.05, 0.1) is 26.4 Å². The van der Waals surface area contributed by atoms with Crippen LogP contribution in [-0.4, -0.2) is 36.6 Å². The Morgan fingerprint density at radius 2 is 1.67 bits per heavy atom. The molecule has 0 fully saturated rings. The van der Waals surface area contributed by atoms with Crippen molar-refractivity contribution in [1.29, 1.82) is 0 Å². The monoisotopic (exact) mass is 296 g/mol. The Kier molecular flexibility index (Phi) is 7.72. The van der Waals surface area contributed by atoms with Crippen molar-refractivity contribution < 1.29 is 19.7 Å². The first-order chi connectivity index (χ1) is 9.99. The van der Waals surface area contributed by atoms with Gasteiger partial charge in [0.2, 0.25) is 0 Å². The molecular formula is C17H28O4. The standard InChI is InChI=1S/C17H28O4/c1-12(9-18)13(2)14(3)17(19)11-21-10-15-5-7-16(20-4)8-6-15/h5-8,12-14,17-19H,9-11H2,1-4H3/t12?,13-,14+,17?/m1/s1. The normalized spacial score (nSPS) is 17.0. The molecule has 1 rings (SSSR count). The first-order valence-corrected chi connectivity index (χ1v) is 7.49.